The summed E-state index contributed by atoms with van der Waals surface area (Å²) in [4.78, 5) is 13.1. The molecule has 156 valence electrons. The summed E-state index contributed by atoms with van der Waals surface area (Å²) in [5.74, 6) is 1.96. The van der Waals surface area contributed by atoms with Crippen molar-refractivity contribution < 1.29 is 23.7 Å². The highest BCUT2D eigenvalue weighted by Gasteiger charge is 2.22. The molecule has 0 saturated heterocycles. The highest BCUT2D eigenvalue weighted by molar-refractivity contribution is 6.01. The molecule has 0 radical (unpaired) electrons. The van der Waals surface area contributed by atoms with Crippen molar-refractivity contribution in [3.8, 4) is 23.0 Å². The molecule has 3 rings (SSSR count). The van der Waals surface area contributed by atoms with Crippen molar-refractivity contribution in [1.82, 2.24) is 0 Å². The van der Waals surface area contributed by atoms with E-state index in [1.165, 1.54) is 0 Å². The third-order valence-electron chi connectivity index (χ3n) is 4.98. The predicted octanol–water partition coefficient (Wildman–Crippen LogP) is 5.28. The molecule has 0 spiro atoms. The van der Waals surface area contributed by atoms with Gasteiger partial charge in [0.25, 0.3) is 0 Å². The first-order valence-corrected chi connectivity index (χ1v) is 9.68. The van der Waals surface area contributed by atoms with Crippen molar-refractivity contribution in [1.29, 1.82) is 0 Å². The minimum Gasteiger partial charge on any atom is -0.496 e. The van der Waals surface area contributed by atoms with E-state index in [1.807, 2.05) is 55.5 Å². The smallest absolute Gasteiger partial charge is 0.170 e. The van der Waals surface area contributed by atoms with Crippen LogP contribution in [0.2, 0.25) is 0 Å². The number of methoxy groups -OCH3 is 3. The number of ketones is 1. The summed E-state index contributed by atoms with van der Waals surface area (Å²) in [5.41, 5.74) is 2.42. The zero-order valence-electron chi connectivity index (χ0n) is 17.7. The van der Waals surface area contributed by atoms with Gasteiger partial charge in [0.2, 0.25) is 0 Å². The molecule has 0 fully saturated rings. The first kappa shape index (κ1) is 21.2. The van der Waals surface area contributed by atoms with E-state index in [0.717, 1.165) is 11.1 Å². The Morgan fingerprint density at radius 2 is 1.50 bits per heavy atom. The molecule has 1 atom stereocenters. The summed E-state index contributed by atoms with van der Waals surface area (Å²) in [5, 5.41) is 0. The van der Waals surface area contributed by atoms with Gasteiger partial charge in [-0.05, 0) is 29.8 Å². The lowest BCUT2D eigenvalue weighted by Gasteiger charge is -2.17. The average molecular weight is 406 g/mol. The summed E-state index contributed by atoms with van der Waals surface area (Å²) in [6.45, 7) is 2.32. The summed E-state index contributed by atoms with van der Waals surface area (Å²) in [6.07, 6.45) is 0. The molecule has 5 heteroatoms. The maximum absolute atomic E-state index is 13.1. The topological polar surface area (TPSA) is 54.0 Å². The van der Waals surface area contributed by atoms with E-state index in [1.54, 1.807) is 39.5 Å². The fourth-order valence-electron chi connectivity index (χ4n) is 3.26. The number of carbonyl (C=O) groups excluding carboxylic acids is 1. The maximum Gasteiger partial charge on any atom is 0.170 e. The largest absolute Gasteiger partial charge is 0.496 e. The molecule has 5 nitrogen and oxygen atoms in total. The second-order valence-electron chi connectivity index (χ2n) is 6.83. The van der Waals surface area contributed by atoms with E-state index in [4.69, 9.17) is 18.9 Å². The van der Waals surface area contributed by atoms with E-state index >= 15 is 0 Å². The zero-order valence-corrected chi connectivity index (χ0v) is 17.7. The molecule has 0 heterocycles. The predicted molar refractivity (Wildman–Crippen MR) is 116 cm³/mol. The Bertz CT molecular complexity index is 998. The molecule has 30 heavy (non-hydrogen) atoms. The minimum atomic E-state index is -0.402. The van der Waals surface area contributed by atoms with Gasteiger partial charge in [-0.3, -0.25) is 4.79 Å². The van der Waals surface area contributed by atoms with Crippen LogP contribution in [0.15, 0.2) is 66.7 Å². The van der Waals surface area contributed by atoms with Gasteiger partial charge in [-0.25, -0.2) is 0 Å². The van der Waals surface area contributed by atoms with Gasteiger partial charge in [0.15, 0.2) is 17.3 Å². The lowest BCUT2D eigenvalue weighted by atomic mass is 9.91. The van der Waals surface area contributed by atoms with Crippen LogP contribution in [0, 0.1) is 0 Å². The SMILES string of the molecule is COc1ccc(C(=O)[C@H](C)c2ccc(OCc3ccccc3)cc2OC)cc1OC. The molecule has 0 amide bonds. The van der Waals surface area contributed by atoms with Crippen molar-refractivity contribution >= 4 is 5.78 Å². The van der Waals surface area contributed by atoms with Crippen LogP contribution in [0.4, 0.5) is 0 Å². The Balaban J connectivity index is 1.79. The lowest BCUT2D eigenvalue weighted by Crippen LogP contribution is -2.11. The van der Waals surface area contributed by atoms with Crippen LogP contribution in [0.5, 0.6) is 23.0 Å². The van der Waals surface area contributed by atoms with Gasteiger partial charge in [0.05, 0.1) is 21.3 Å². The molecule has 0 saturated carbocycles. The minimum absolute atomic E-state index is 0.0350. The van der Waals surface area contributed by atoms with E-state index in [0.29, 0.717) is 35.2 Å². The van der Waals surface area contributed by atoms with Crippen LogP contribution in [-0.2, 0) is 6.61 Å². The van der Waals surface area contributed by atoms with E-state index in [9.17, 15) is 4.79 Å². The first-order valence-electron chi connectivity index (χ1n) is 9.68. The molecule has 0 aliphatic carbocycles. The lowest BCUT2D eigenvalue weighted by molar-refractivity contribution is 0.0964. The normalized spacial score (nSPS) is 11.5. The summed E-state index contributed by atoms with van der Waals surface area (Å²) in [6, 6.07) is 20.7. The van der Waals surface area contributed by atoms with Gasteiger partial charge in [-0.15, -0.1) is 0 Å². The quantitative estimate of drug-likeness (QED) is 0.453. The Morgan fingerprint density at radius 3 is 2.17 bits per heavy atom. The van der Waals surface area contributed by atoms with E-state index < -0.39 is 5.92 Å². The third kappa shape index (κ3) is 4.74. The molecule has 0 N–H and O–H groups in total. The Kier molecular flexibility index (Phi) is 6.96. The molecule has 0 unspecified atom stereocenters. The Morgan fingerprint density at radius 1 is 0.800 bits per heavy atom. The second-order valence-corrected chi connectivity index (χ2v) is 6.83. The zero-order chi connectivity index (χ0) is 21.5. The number of hydrogen-bond donors (Lipinski definition) is 0. The number of ether oxygens (including phenoxy) is 4. The fourth-order valence-corrected chi connectivity index (χ4v) is 3.26. The van der Waals surface area contributed by atoms with Crippen molar-refractivity contribution in [2.45, 2.75) is 19.4 Å². The van der Waals surface area contributed by atoms with Gasteiger partial charge in [0.1, 0.15) is 18.1 Å². The number of carbonyl (C=O) groups is 1. The molecular formula is C25H26O5. The monoisotopic (exact) mass is 406 g/mol. The van der Waals surface area contributed by atoms with Crippen molar-refractivity contribution in [2.75, 3.05) is 21.3 Å². The standard InChI is InChI=1S/C25H26O5/c1-17(25(26)19-10-13-22(27-2)24(14-19)29-4)21-12-11-20(15-23(21)28-3)30-16-18-8-6-5-7-9-18/h5-15,17H,16H2,1-4H3/t17-/m1/s1. The van der Waals surface area contributed by atoms with Crippen molar-refractivity contribution in [2.24, 2.45) is 0 Å². The van der Waals surface area contributed by atoms with Crippen LogP contribution in [-0.4, -0.2) is 27.1 Å². The van der Waals surface area contributed by atoms with Crippen LogP contribution in [0.3, 0.4) is 0 Å². The van der Waals surface area contributed by atoms with Gasteiger partial charge in [-0.1, -0.05) is 43.3 Å². The average Bonchev–Trinajstić information content (AvgIpc) is 2.81. The fraction of sp³-hybridized carbons (Fsp3) is 0.240. The Labute approximate surface area is 177 Å². The second kappa shape index (κ2) is 9.83. The van der Waals surface area contributed by atoms with Crippen LogP contribution >= 0.6 is 0 Å². The van der Waals surface area contributed by atoms with Gasteiger partial charge in [0, 0.05) is 23.1 Å². The third-order valence-corrected chi connectivity index (χ3v) is 4.98. The first-order chi connectivity index (χ1) is 14.6. The molecule has 0 aromatic heterocycles. The van der Waals surface area contributed by atoms with E-state index in [2.05, 4.69) is 0 Å². The van der Waals surface area contributed by atoms with Crippen molar-refractivity contribution in [3.63, 3.8) is 0 Å². The summed E-state index contributed by atoms with van der Waals surface area (Å²) in [7, 11) is 4.70. The number of hydrogen-bond acceptors (Lipinski definition) is 5. The summed E-state index contributed by atoms with van der Waals surface area (Å²) >= 11 is 0. The number of Topliss-reactive ketones (excluding diaryl/α,β-unsaturated/α-hetero) is 1. The Hall–Kier alpha value is -3.47. The molecule has 3 aromatic rings. The molecule has 0 aliphatic heterocycles. The number of rotatable bonds is 9. The molecular weight excluding hydrogens is 380 g/mol. The van der Waals surface area contributed by atoms with Gasteiger partial charge in [-0.2, -0.15) is 0 Å². The molecule has 3 aromatic carbocycles. The van der Waals surface area contributed by atoms with Crippen LogP contribution in [0.25, 0.3) is 0 Å². The van der Waals surface area contributed by atoms with Gasteiger partial charge >= 0.3 is 0 Å². The van der Waals surface area contributed by atoms with Crippen molar-refractivity contribution in [3.05, 3.63) is 83.4 Å². The molecule has 0 aliphatic rings. The maximum atomic E-state index is 13.1. The molecule has 0 bridgehead atoms. The van der Waals surface area contributed by atoms with E-state index in [-0.39, 0.29) is 5.78 Å². The van der Waals surface area contributed by atoms with Crippen LogP contribution < -0.4 is 18.9 Å². The van der Waals surface area contributed by atoms with Gasteiger partial charge < -0.3 is 18.9 Å². The highest BCUT2D eigenvalue weighted by atomic mass is 16.5. The van der Waals surface area contributed by atoms with Crippen LogP contribution in [0.1, 0.15) is 34.3 Å². The highest BCUT2D eigenvalue weighted by Crippen LogP contribution is 2.34. The summed E-state index contributed by atoms with van der Waals surface area (Å²) < 4.78 is 22.0. The number of benzene rings is 3.